The molecule has 36 heavy (non-hydrogen) atoms. The van der Waals surface area contributed by atoms with Gasteiger partial charge in [-0.1, -0.05) is 11.6 Å². The van der Waals surface area contributed by atoms with Crippen LogP contribution in [0.25, 0.3) is 10.9 Å². The Labute approximate surface area is 218 Å². The zero-order valence-corrected chi connectivity index (χ0v) is 21.3. The van der Waals surface area contributed by atoms with E-state index < -0.39 is 28.7 Å². The fourth-order valence-electron chi connectivity index (χ4n) is 3.55. The van der Waals surface area contributed by atoms with Crippen LogP contribution in [-0.2, 0) is 15.0 Å². The maximum absolute atomic E-state index is 13.6. The summed E-state index contributed by atoms with van der Waals surface area (Å²) in [6.45, 7) is -0.685. The van der Waals surface area contributed by atoms with Gasteiger partial charge in [-0.25, -0.2) is 14.4 Å². The van der Waals surface area contributed by atoms with Crippen LogP contribution in [0.5, 0.6) is 5.75 Å². The van der Waals surface area contributed by atoms with Gasteiger partial charge in [0.1, 0.15) is 41.7 Å². The number of ether oxygens (including phenoxy) is 1. The van der Waals surface area contributed by atoms with Crippen LogP contribution < -0.4 is 15.4 Å². The number of rotatable bonds is 10. The summed E-state index contributed by atoms with van der Waals surface area (Å²) < 4.78 is 31.2. The number of anilines is 3. The summed E-state index contributed by atoms with van der Waals surface area (Å²) in [6.07, 6.45) is 1.72. The van der Waals surface area contributed by atoms with Crippen LogP contribution in [0.3, 0.4) is 0 Å². The molecule has 0 aliphatic carbocycles. The quantitative estimate of drug-likeness (QED) is 0.218. The number of halogens is 2. The van der Waals surface area contributed by atoms with Crippen LogP contribution in [0, 0.1) is 5.82 Å². The Morgan fingerprint density at radius 1 is 1.36 bits per heavy atom. The maximum atomic E-state index is 13.6. The number of nitrogens with zero attached hydrogens (tertiary/aromatic N) is 2. The molecule has 192 valence electrons. The van der Waals surface area contributed by atoms with Crippen LogP contribution >= 0.6 is 22.4 Å². The number of carbonyl (C=O) groups is 1. The third-order valence-electron chi connectivity index (χ3n) is 5.44. The van der Waals surface area contributed by atoms with Gasteiger partial charge in [0.2, 0.25) is 5.91 Å². The van der Waals surface area contributed by atoms with E-state index in [4.69, 9.17) is 21.4 Å². The standard InChI is InChI=1S/C23H24ClFN4O5S2/c24-17-7-13(1-3-18(17)25)28-23-16-8-20(29-22(32)4-2-15-5-6-35-36(15)33)21(34-11-14(31)10-30)9-19(16)26-12-27-23/h1,3,7-9,12,14-15,30-31H,2,4-6,10-11H2,(H,29,32)(H,26,27,28). The minimum atomic E-state index is -1.11. The molecule has 4 rings (SSSR count). The number of carbonyl (C=O) groups excluding carboxylic acids is 1. The molecular weight excluding hydrogens is 531 g/mol. The summed E-state index contributed by atoms with van der Waals surface area (Å²) >= 11 is 5.89. The largest absolute Gasteiger partial charge is 0.605 e. The molecule has 0 radical (unpaired) electrons. The second-order valence-electron chi connectivity index (χ2n) is 8.07. The van der Waals surface area contributed by atoms with Gasteiger partial charge < -0.3 is 30.1 Å². The number of aliphatic hydroxyl groups excluding tert-OH is 2. The van der Waals surface area contributed by atoms with E-state index in [0.717, 1.165) is 12.2 Å². The molecule has 4 N–H and O–H groups in total. The molecule has 3 atom stereocenters. The number of hydrogen-bond acceptors (Lipinski definition) is 9. The fourth-order valence-corrected chi connectivity index (χ4v) is 7.17. The van der Waals surface area contributed by atoms with Gasteiger partial charge in [-0.05, 0) is 24.3 Å². The molecule has 1 amide bonds. The number of aliphatic hydroxyl groups is 2. The van der Waals surface area contributed by atoms with Gasteiger partial charge >= 0.3 is 0 Å². The van der Waals surface area contributed by atoms with E-state index in [1.807, 2.05) is 0 Å². The molecule has 1 fully saturated rings. The highest BCUT2D eigenvalue weighted by molar-refractivity contribution is 8.72. The fraction of sp³-hybridized carbons (Fsp3) is 0.348. The highest BCUT2D eigenvalue weighted by atomic mass is 35.5. The predicted molar refractivity (Wildman–Crippen MR) is 140 cm³/mol. The van der Waals surface area contributed by atoms with Gasteiger partial charge in [-0.2, -0.15) is 0 Å². The molecule has 3 unspecified atom stereocenters. The monoisotopic (exact) mass is 554 g/mol. The third-order valence-corrected chi connectivity index (χ3v) is 9.39. The SMILES string of the molecule is O=C(CCC1CCS[S+]1[O-])Nc1cc2c(Nc3ccc(F)c(Cl)c3)ncnc2cc1OCC(O)CO. The molecule has 3 aromatic rings. The van der Waals surface area contributed by atoms with E-state index in [2.05, 4.69) is 20.6 Å². The van der Waals surface area contributed by atoms with Crippen molar-refractivity contribution in [3.8, 4) is 5.75 Å². The maximum Gasteiger partial charge on any atom is 0.224 e. The van der Waals surface area contributed by atoms with Gasteiger partial charge in [0.15, 0.2) is 0 Å². The van der Waals surface area contributed by atoms with Crippen molar-refractivity contribution in [1.29, 1.82) is 0 Å². The summed E-state index contributed by atoms with van der Waals surface area (Å²) in [4.78, 5) is 21.3. The van der Waals surface area contributed by atoms with E-state index in [-0.39, 0.29) is 35.0 Å². The van der Waals surface area contributed by atoms with Crippen molar-refractivity contribution < 1.29 is 28.7 Å². The zero-order valence-electron chi connectivity index (χ0n) is 18.9. The van der Waals surface area contributed by atoms with Crippen molar-refractivity contribution >= 4 is 66.6 Å². The average Bonchev–Trinajstić information content (AvgIpc) is 3.28. The Balaban J connectivity index is 1.61. The highest BCUT2D eigenvalue weighted by Gasteiger charge is 2.31. The molecule has 2 aromatic carbocycles. The highest BCUT2D eigenvalue weighted by Crippen LogP contribution is 2.35. The van der Waals surface area contributed by atoms with Crippen molar-refractivity contribution in [3.63, 3.8) is 0 Å². The molecule has 2 heterocycles. The molecule has 13 heteroatoms. The van der Waals surface area contributed by atoms with E-state index >= 15 is 0 Å². The Bertz CT molecular complexity index is 1240. The number of aromatic nitrogens is 2. The first-order chi connectivity index (χ1) is 17.3. The van der Waals surface area contributed by atoms with Crippen molar-refractivity contribution in [2.24, 2.45) is 0 Å². The summed E-state index contributed by atoms with van der Waals surface area (Å²) in [6, 6.07) is 7.38. The van der Waals surface area contributed by atoms with Crippen molar-refractivity contribution in [3.05, 3.63) is 47.5 Å². The normalized spacial score (nSPS) is 18.2. The summed E-state index contributed by atoms with van der Waals surface area (Å²) in [7, 11) is 0.428. The van der Waals surface area contributed by atoms with Crippen LogP contribution in [0.15, 0.2) is 36.7 Å². The first-order valence-corrected chi connectivity index (χ1v) is 14.2. The lowest BCUT2D eigenvalue weighted by atomic mass is 10.1. The lowest BCUT2D eigenvalue weighted by molar-refractivity contribution is -0.116. The second-order valence-corrected chi connectivity index (χ2v) is 12.0. The van der Waals surface area contributed by atoms with Gasteiger partial charge in [-0.3, -0.25) is 4.79 Å². The predicted octanol–water partition coefficient (Wildman–Crippen LogP) is 3.79. The molecule has 1 aliphatic rings. The van der Waals surface area contributed by atoms with Crippen LogP contribution in [0.1, 0.15) is 19.3 Å². The minimum absolute atomic E-state index is 0.0143. The van der Waals surface area contributed by atoms with Crippen LogP contribution in [0.4, 0.5) is 21.6 Å². The number of nitrogens with one attached hydrogen (secondary N) is 2. The average molecular weight is 555 g/mol. The van der Waals surface area contributed by atoms with Gasteiger partial charge in [0.05, 0.1) is 33.6 Å². The molecule has 9 nitrogen and oxygen atoms in total. The lowest BCUT2D eigenvalue weighted by Crippen LogP contribution is -2.22. The van der Waals surface area contributed by atoms with Crippen molar-refractivity contribution in [2.45, 2.75) is 30.6 Å². The molecule has 0 bridgehead atoms. The van der Waals surface area contributed by atoms with Crippen LogP contribution in [0.2, 0.25) is 5.02 Å². The molecule has 0 spiro atoms. The van der Waals surface area contributed by atoms with Gasteiger partial charge in [0.25, 0.3) is 0 Å². The smallest absolute Gasteiger partial charge is 0.224 e. The Morgan fingerprint density at radius 3 is 2.92 bits per heavy atom. The van der Waals surface area contributed by atoms with Gasteiger partial charge in [0, 0.05) is 52.4 Å². The zero-order chi connectivity index (χ0) is 25.7. The summed E-state index contributed by atoms with van der Waals surface area (Å²) in [5.41, 5.74) is 1.29. The van der Waals surface area contributed by atoms with E-state index in [9.17, 15) is 18.8 Å². The Hall–Kier alpha value is -2.35. The van der Waals surface area contributed by atoms with E-state index in [1.165, 1.54) is 35.3 Å². The molecule has 1 aromatic heterocycles. The van der Waals surface area contributed by atoms with Gasteiger partial charge in [-0.15, -0.1) is 0 Å². The lowest BCUT2D eigenvalue weighted by Gasteiger charge is -2.17. The first-order valence-electron chi connectivity index (χ1n) is 11.1. The van der Waals surface area contributed by atoms with Crippen molar-refractivity contribution in [1.82, 2.24) is 9.97 Å². The topological polar surface area (TPSA) is 140 Å². The molecular formula is C23H24ClFN4O5S2. The minimum Gasteiger partial charge on any atom is -0.605 e. The second kappa shape index (κ2) is 12.3. The molecule has 1 aliphatic heterocycles. The van der Waals surface area contributed by atoms with Crippen LogP contribution in [-0.4, -0.2) is 61.0 Å². The molecule has 1 saturated heterocycles. The third kappa shape index (κ3) is 6.69. The summed E-state index contributed by atoms with van der Waals surface area (Å²) in [5.74, 6) is 0.625. The Morgan fingerprint density at radius 2 is 2.19 bits per heavy atom. The molecule has 0 saturated carbocycles. The first kappa shape index (κ1) is 26.7. The number of benzene rings is 2. The van der Waals surface area contributed by atoms with E-state index in [1.54, 1.807) is 12.1 Å². The number of amides is 1. The van der Waals surface area contributed by atoms with E-state index in [0.29, 0.717) is 34.5 Å². The number of hydrogen-bond donors (Lipinski definition) is 4. The Kier molecular flexibility index (Phi) is 9.09. The summed E-state index contributed by atoms with van der Waals surface area (Å²) in [5, 5.41) is 25.2. The number of fused-ring (bicyclic) bond motifs is 1. The van der Waals surface area contributed by atoms with Crippen molar-refractivity contribution in [2.75, 3.05) is 29.6 Å².